The summed E-state index contributed by atoms with van der Waals surface area (Å²) < 4.78 is 28.7. The van der Waals surface area contributed by atoms with Crippen molar-refractivity contribution in [2.24, 2.45) is 0 Å². The Bertz CT molecular complexity index is 1260. The molecular weight excluding hydrogens is 367 g/mol. The van der Waals surface area contributed by atoms with Gasteiger partial charge in [-0.2, -0.15) is 4.39 Å². The van der Waals surface area contributed by atoms with E-state index >= 15 is 0 Å². The zero-order valence-electron chi connectivity index (χ0n) is 14.6. The molecule has 140 valence electrons. The molecule has 4 aromatic rings. The molecule has 2 aromatic heterocycles. The smallest absolute Gasteiger partial charge is 0.404 e. The van der Waals surface area contributed by atoms with Gasteiger partial charge in [-0.05, 0) is 39.1 Å². The third kappa shape index (κ3) is 2.86. The van der Waals surface area contributed by atoms with Gasteiger partial charge in [-0.15, -0.1) is 0 Å². The fourth-order valence-corrected chi connectivity index (χ4v) is 3.13. The molecule has 2 aromatic carbocycles. The molecule has 0 bridgehead atoms. The summed E-state index contributed by atoms with van der Waals surface area (Å²) in [4.78, 5) is 19.0. The SMILES string of the molecule is CC1(F)Oc2ccc(-c3cccc(Cc4nc5nonc5[nH]c4=O)c3)cc2O1. The zero-order valence-corrected chi connectivity index (χ0v) is 14.6. The molecule has 9 heteroatoms. The largest absolute Gasteiger partial charge is 0.423 e. The lowest BCUT2D eigenvalue weighted by molar-refractivity contribution is -0.173. The number of ether oxygens (including phenoxy) is 2. The molecule has 1 aliphatic rings. The van der Waals surface area contributed by atoms with E-state index in [4.69, 9.17) is 9.47 Å². The molecule has 3 heterocycles. The first kappa shape index (κ1) is 16.4. The Morgan fingerprint density at radius 2 is 1.89 bits per heavy atom. The average molecular weight is 380 g/mol. The molecule has 1 aliphatic heterocycles. The first-order chi connectivity index (χ1) is 13.5. The first-order valence-electron chi connectivity index (χ1n) is 8.49. The molecular formula is C19H13FN4O4. The summed E-state index contributed by atoms with van der Waals surface area (Å²) in [6.45, 7) is 1.21. The van der Waals surface area contributed by atoms with Gasteiger partial charge in [-0.25, -0.2) is 9.61 Å². The number of hydrogen-bond donors (Lipinski definition) is 1. The van der Waals surface area contributed by atoms with Crippen LogP contribution in [0.3, 0.4) is 0 Å². The van der Waals surface area contributed by atoms with Gasteiger partial charge in [-0.1, -0.05) is 30.3 Å². The highest BCUT2D eigenvalue weighted by Gasteiger charge is 2.36. The van der Waals surface area contributed by atoms with Gasteiger partial charge in [-0.3, -0.25) is 9.78 Å². The maximum absolute atomic E-state index is 13.9. The van der Waals surface area contributed by atoms with E-state index in [2.05, 4.69) is 24.9 Å². The first-order valence-corrected chi connectivity index (χ1v) is 8.49. The van der Waals surface area contributed by atoms with Crippen LogP contribution in [0, 0.1) is 0 Å². The topological polar surface area (TPSA) is 103 Å². The molecule has 28 heavy (non-hydrogen) atoms. The molecule has 0 radical (unpaired) electrons. The van der Waals surface area contributed by atoms with Crippen molar-refractivity contribution in [1.29, 1.82) is 0 Å². The highest BCUT2D eigenvalue weighted by Crippen LogP contribution is 2.42. The van der Waals surface area contributed by atoms with Crippen LogP contribution in [0.4, 0.5) is 4.39 Å². The third-order valence-corrected chi connectivity index (χ3v) is 4.37. The van der Waals surface area contributed by atoms with E-state index in [1.807, 2.05) is 30.3 Å². The van der Waals surface area contributed by atoms with Gasteiger partial charge in [0.15, 0.2) is 11.5 Å². The summed E-state index contributed by atoms with van der Waals surface area (Å²) in [7, 11) is 0. The van der Waals surface area contributed by atoms with Gasteiger partial charge in [0.25, 0.3) is 5.56 Å². The van der Waals surface area contributed by atoms with Crippen LogP contribution in [-0.2, 0) is 6.42 Å². The number of nitrogens with one attached hydrogen (secondary N) is 1. The minimum atomic E-state index is -2.16. The van der Waals surface area contributed by atoms with E-state index in [0.717, 1.165) is 16.7 Å². The van der Waals surface area contributed by atoms with E-state index in [1.165, 1.54) is 6.92 Å². The number of fused-ring (bicyclic) bond motifs is 2. The summed E-state index contributed by atoms with van der Waals surface area (Å²) in [5.41, 5.74) is 3.01. The summed E-state index contributed by atoms with van der Waals surface area (Å²) in [5, 5.41) is 7.22. The van der Waals surface area contributed by atoms with Gasteiger partial charge in [0.1, 0.15) is 5.69 Å². The minimum absolute atomic E-state index is 0.211. The van der Waals surface area contributed by atoms with Crippen LogP contribution >= 0.6 is 0 Å². The van der Waals surface area contributed by atoms with Crippen molar-refractivity contribution in [2.45, 2.75) is 19.4 Å². The molecule has 0 fully saturated rings. The number of H-pyrrole nitrogens is 1. The Balaban J connectivity index is 1.47. The monoisotopic (exact) mass is 380 g/mol. The maximum Gasteiger partial charge on any atom is 0.404 e. The van der Waals surface area contributed by atoms with Crippen molar-refractivity contribution in [3.8, 4) is 22.6 Å². The standard InChI is InChI=1S/C19H13FN4O4/c1-19(20)26-14-6-5-12(9-15(14)27-19)11-4-2-3-10(7-11)8-13-18(25)22-17-16(21-13)23-28-24-17/h2-7,9H,8H2,1H3,(H,22,24,25). The van der Waals surface area contributed by atoms with Gasteiger partial charge >= 0.3 is 6.04 Å². The molecule has 0 spiro atoms. The highest BCUT2D eigenvalue weighted by molar-refractivity contribution is 5.68. The molecule has 1 N–H and O–H groups in total. The van der Waals surface area contributed by atoms with Crippen molar-refractivity contribution in [1.82, 2.24) is 20.3 Å². The Morgan fingerprint density at radius 3 is 2.79 bits per heavy atom. The number of aromatic amines is 1. The number of benzene rings is 2. The van der Waals surface area contributed by atoms with Crippen LogP contribution in [0.5, 0.6) is 11.5 Å². The number of halogens is 1. The van der Waals surface area contributed by atoms with Crippen molar-refractivity contribution >= 4 is 11.3 Å². The molecule has 1 atom stereocenters. The number of alkyl halides is 1. The van der Waals surface area contributed by atoms with E-state index in [9.17, 15) is 9.18 Å². The summed E-state index contributed by atoms with van der Waals surface area (Å²) >= 11 is 0. The minimum Gasteiger partial charge on any atom is -0.423 e. The van der Waals surface area contributed by atoms with Gasteiger partial charge < -0.3 is 9.47 Å². The Morgan fingerprint density at radius 1 is 1.07 bits per heavy atom. The molecule has 0 saturated heterocycles. The maximum atomic E-state index is 13.9. The Kier molecular flexibility index (Phi) is 3.45. The second-order valence-corrected chi connectivity index (χ2v) is 6.53. The van der Waals surface area contributed by atoms with Crippen LogP contribution in [0.25, 0.3) is 22.4 Å². The normalized spacial score (nSPS) is 17.9. The Hall–Kier alpha value is -3.75. The molecule has 8 nitrogen and oxygen atoms in total. The number of rotatable bonds is 3. The van der Waals surface area contributed by atoms with E-state index < -0.39 is 6.04 Å². The van der Waals surface area contributed by atoms with Crippen molar-refractivity contribution < 1.29 is 18.5 Å². The number of nitrogens with zero attached hydrogens (tertiary/aromatic N) is 3. The summed E-state index contributed by atoms with van der Waals surface area (Å²) in [5.74, 6) is 0.699. The van der Waals surface area contributed by atoms with Gasteiger partial charge in [0, 0.05) is 13.3 Å². The second kappa shape index (κ2) is 5.88. The number of aromatic nitrogens is 4. The highest BCUT2D eigenvalue weighted by atomic mass is 19.2. The van der Waals surface area contributed by atoms with E-state index in [1.54, 1.807) is 12.1 Å². The van der Waals surface area contributed by atoms with E-state index in [0.29, 0.717) is 23.6 Å². The van der Waals surface area contributed by atoms with Crippen LogP contribution < -0.4 is 15.0 Å². The van der Waals surface area contributed by atoms with Crippen molar-refractivity contribution in [2.75, 3.05) is 0 Å². The van der Waals surface area contributed by atoms with Crippen molar-refractivity contribution in [3.63, 3.8) is 0 Å². The van der Waals surface area contributed by atoms with Crippen LogP contribution in [0.1, 0.15) is 18.2 Å². The molecule has 0 aliphatic carbocycles. The molecule has 0 amide bonds. The fraction of sp³-hybridized carbons (Fsp3) is 0.158. The van der Waals surface area contributed by atoms with Crippen molar-refractivity contribution in [3.05, 3.63) is 64.1 Å². The van der Waals surface area contributed by atoms with Gasteiger partial charge in [0.2, 0.25) is 11.3 Å². The van der Waals surface area contributed by atoms with Gasteiger partial charge in [0.05, 0.1) is 0 Å². The van der Waals surface area contributed by atoms with Crippen LogP contribution in [0.15, 0.2) is 51.9 Å². The predicted octanol–water partition coefficient (Wildman–Crippen LogP) is 2.98. The molecule has 0 saturated carbocycles. The average Bonchev–Trinajstić information content (AvgIpc) is 3.23. The lowest BCUT2D eigenvalue weighted by Crippen LogP contribution is -2.27. The summed E-state index contributed by atoms with van der Waals surface area (Å²) in [6.07, 6.45) is 0.305. The molecule has 5 rings (SSSR count). The van der Waals surface area contributed by atoms with E-state index in [-0.39, 0.29) is 16.9 Å². The number of hydrogen-bond acceptors (Lipinski definition) is 7. The van der Waals surface area contributed by atoms with Crippen LogP contribution in [0.2, 0.25) is 0 Å². The predicted molar refractivity (Wildman–Crippen MR) is 95.7 cm³/mol. The fourth-order valence-electron chi connectivity index (χ4n) is 3.13. The lowest BCUT2D eigenvalue weighted by Gasteiger charge is -2.10. The molecule has 1 unspecified atom stereocenters. The quantitative estimate of drug-likeness (QED) is 0.583. The third-order valence-electron chi connectivity index (χ3n) is 4.37. The Labute approximate surface area is 156 Å². The lowest BCUT2D eigenvalue weighted by atomic mass is 10.0. The second-order valence-electron chi connectivity index (χ2n) is 6.53. The summed E-state index contributed by atoms with van der Waals surface area (Å²) in [6, 6.07) is 10.7. The van der Waals surface area contributed by atoms with Crippen LogP contribution in [-0.4, -0.2) is 26.3 Å². The zero-order chi connectivity index (χ0) is 19.3.